The van der Waals surface area contributed by atoms with Gasteiger partial charge in [0.05, 0.1) is 33.3 Å². The predicted octanol–water partition coefficient (Wildman–Crippen LogP) is 5.57. The van der Waals surface area contributed by atoms with Crippen molar-refractivity contribution in [2.45, 2.75) is 37.3 Å². The summed E-state index contributed by atoms with van der Waals surface area (Å²) in [5.74, 6) is 0.125. The Morgan fingerprint density at radius 2 is 1.71 bits per heavy atom. The van der Waals surface area contributed by atoms with Crippen molar-refractivity contribution in [3.05, 3.63) is 113 Å². The number of fused-ring (bicyclic) bond motifs is 1. The van der Waals surface area contributed by atoms with E-state index in [9.17, 15) is 13.5 Å². The lowest BCUT2D eigenvalue weighted by atomic mass is 9.97. The molecule has 2 aromatic heterocycles. The first-order chi connectivity index (χ1) is 18.0. The molecular formula is C29H27ClN4O3S. The van der Waals surface area contributed by atoms with Crippen molar-refractivity contribution in [1.29, 1.82) is 0 Å². The van der Waals surface area contributed by atoms with Crippen molar-refractivity contribution in [2.75, 3.05) is 0 Å². The molecule has 3 aromatic carbocycles. The number of pyridine rings is 1. The summed E-state index contributed by atoms with van der Waals surface area (Å²) in [5.41, 5.74) is 9.67. The number of para-hydroxylation sites is 1. The zero-order chi connectivity index (χ0) is 27.2. The zero-order valence-electron chi connectivity index (χ0n) is 21.1. The number of halogens is 1. The average molecular weight is 547 g/mol. The summed E-state index contributed by atoms with van der Waals surface area (Å²) in [6.45, 7) is 5.27. The Kier molecular flexibility index (Phi) is 6.61. The van der Waals surface area contributed by atoms with Crippen LogP contribution in [-0.2, 0) is 15.6 Å². The Morgan fingerprint density at radius 1 is 1.00 bits per heavy atom. The number of aromatic nitrogens is 3. The average Bonchev–Trinajstić information content (AvgIpc) is 3.29. The van der Waals surface area contributed by atoms with Crippen LogP contribution in [0.5, 0.6) is 0 Å². The number of imidazole rings is 1. The molecule has 0 saturated heterocycles. The minimum Gasteiger partial charge on any atom is -0.386 e. The second-order valence-electron chi connectivity index (χ2n) is 9.71. The fourth-order valence-electron chi connectivity index (χ4n) is 4.39. The van der Waals surface area contributed by atoms with Gasteiger partial charge in [0.15, 0.2) is 0 Å². The molecule has 3 N–H and O–H groups in total. The lowest BCUT2D eigenvalue weighted by Gasteiger charge is -2.18. The first kappa shape index (κ1) is 26.1. The fourth-order valence-corrected chi connectivity index (χ4v) is 6.14. The maximum absolute atomic E-state index is 14.1. The van der Waals surface area contributed by atoms with Crippen molar-refractivity contribution in [3.63, 3.8) is 0 Å². The van der Waals surface area contributed by atoms with E-state index in [0.717, 1.165) is 5.56 Å². The van der Waals surface area contributed by atoms with Crippen LogP contribution in [0.4, 0.5) is 0 Å². The van der Waals surface area contributed by atoms with Crippen LogP contribution < -0.4 is 5.73 Å². The number of aliphatic hydroxyl groups is 1. The third-order valence-corrected chi connectivity index (χ3v) is 8.56. The standard InChI is InChI=1S/C29H27ClN4O3S/c1-18-11-13-20(14-12-18)38(36,37)34-25-10-6-8-22(24-17-19(15-16-32-24)29(2,3)35)27(25)33-28(34)26(31)21-7-4-5-9-23(21)30/h4-17,26,35H,31H2,1-3H3/t26-/m1/s1. The van der Waals surface area contributed by atoms with Crippen LogP contribution in [0, 0.1) is 6.92 Å². The number of hydrogen-bond donors (Lipinski definition) is 2. The van der Waals surface area contributed by atoms with Gasteiger partial charge in [0.25, 0.3) is 10.0 Å². The third-order valence-electron chi connectivity index (χ3n) is 6.49. The quantitative estimate of drug-likeness (QED) is 0.288. The fraction of sp³-hybridized carbons (Fsp3) is 0.172. The molecule has 0 aliphatic heterocycles. The van der Waals surface area contributed by atoms with E-state index in [0.29, 0.717) is 38.4 Å². The summed E-state index contributed by atoms with van der Waals surface area (Å²) >= 11 is 6.46. The number of aryl methyl sites for hydroxylation is 1. The van der Waals surface area contributed by atoms with Crippen LogP contribution in [0.15, 0.2) is 90.0 Å². The third kappa shape index (κ3) is 4.61. The molecule has 0 fully saturated rings. The number of benzene rings is 3. The van der Waals surface area contributed by atoms with Crippen LogP contribution in [0.3, 0.4) is 0 Å². The summed E-state index contributed by atoms with van der Waals surface area (Å²) in [5, 5.41) is 11.0. The summed E-state index contributed by atoms with van der Waals surface area (Å²) in [4.78, 5) is 9.42. The highest BCUT2D eigenvalue weighted by molar-refractivity contribution is 7.90. The molecule has 7 nitrogen and oxygen atoms in total. The highest BCUT2D eigenvalue weighted by Crippen LogP contribution is 2.35. The number of nitrogens with zero attached hydrogens (tertiary/aromatic N) is 3. The number of rotatable bonds is 6. The molecule has 0 saturated carbocycles. The van der Waals surface area contributed by atoms with Gasteiger partial charge in [0.1, 0.15) is 5.82 Å². The molecular weight excluding hydrogens is 520 g/mol. The normalized spacial score (nSPS) is 13.1. The van der Waals surface area contributed by atoms with Crippen molar-refractivity contribution in [1.82, 2.24) is 13.9 Å². The predicted molar refractivity (Wildman–Crippen MR) is 149 cm³/mol. The van der Waals surface area contributed by atoms with Crippen LogP contribution in [-0.4, -0.2) is 27.5 Å². The molecule has 0 aliphatic carbocycles. The van der Waals surface area contributed by atoms with Gasteiger partial charge in [-0.25, -0.2) is 17.4 Å². The first-order valence-electron chi connectivity index (χ1n) is 12.0. The molecule has 9 heteroatoms. The second kappa shape index (κ2) is 9.63. The molecule has 38 heavy (non-hydrogen) atoms. The number of hydrogen-bond acceptors (Lipinski definition) is 6. The Morgan fingerprint density at radius 3 is 2.39 bits per heavy atom. The van der Waals surface area contributed by atoms with Crippen LogP contribution in [0.25, 0.3) is 22.3 Å². The summed E-state index contributed by atoms with van der Waals surface area (Å²) in [6.07, 6.45) is 1.61. The van der Waals surface area contributed by atoms with Crippen molar-refractivity contribution in [2.24, 2.45) is 5.73 Å². The van der Waals surface area contributed by atoms with Gasteiger partial charge in [-0.2, -0.15) is 0 Å². The van der Waals surface area contributed by atoms with Gasteiger partial charge in [-0.1, -0.05) is 59.6 Å². The van der Waals surface area contributed by atoms with Crippen LogP contribution in [0.2, 0.25) is 5.02 Å². The minimum atomic E-state index is -4.10. The van der Waals surface area contributed by atoms with Crippen LogP contribution >= 0.6 is 11.6 Å². The van der Waals surface area contributed by atoms with E-state index in [4.69, 9.17) is 22.3 Å². The van der Waals surface area contributed by atoms with E-state index in [-0.39, 0.29) is 10.7 Å². The molecule has 0 aliphatic rings. The van der Waals surface area contributed by atoms with Crippen molar-refractivity contribution < 1.29 is 13.5 Å². The van der Waals surface area contributed by atoms with Crippen molar-refractivity contribution >= 4 is 32.7 Å². The highest BCUT2D eigenvalue weighted by Gasteiger charge is 2.30. The van der Waals surface area contributed by atoms with E-state index >= 15 is 0 Å². The minimum absolute atomic E-state index is 0.113. The second-order valence-corrected chi connectivity index (χ2v) is 11.9. The molecule has 0 spiro atoms. The van der Waals surface area contributed by atoms with Gasteiger partial charge in [-0.3, -0.25) is 4.98 Å². The van der Waals surface area contributed by atoms with Gasteiger partial charge in [0, 0.05) is 16.8 Å². The van der Waals surface area contributed by atoms with Crippen molar-refractivity contribution in [3.8, 4) is 11.3 Å². The molecule has 5 aromatic rings. The summed E-state index contributed by atoms with van der Waals surface area (Å²) < 4.78 is 29.4. The van der Waals surface area contributed by atoms with Gasteiger partial charge in [-0.05, 0) is 68.3 Å². The lowest BCUT2D eigenvalue weighted by molar-refractivity contribution is 0.0785. The molecule has 194 valence electrons. The maximum Gasteiger partial charge on any atom is 0.269 e. The molecule has 2 heterocycles. The van der Waals surface area contributed by atoms with Crippen LogP contribution in [0.1, 0.15) is 42.4 Å². The Balaban J connectivity index is 1.81. The Labute approximate surface area is 226 Å². The number of nitrogens with two attached hydrogens (primary N) is 1. The lowest BCUT2D eigenvalue weighted by Crippen LogP contribution is -2.23. The highest BCUT2D eigenvalue weighted by atomic mass is 35.5. The van der Waals surface area contributed by atoms with E-state index in [2.05, 4.69) is 4.98 Å². The monoisotopic (exact) mass is 546 g/mol. The molecule has 0 bridgehead atoms. The van der Waals surface area contributed by atoms with E-state index in [1.165, 1.54) is 3.97 Å². The van der Waals surface area contributed by atoms with Gasteiger partial charge in [-0.15, -0.1) is 0 Å². The van der Waals surface area contributed by atoms with Gasteiger partial charge >= 0.3 is 0 Å². The summed E-state index contributed by atoms with van der Waals surface area (Å²) in [6, 6.07) is 21.5. The van der Waals surface area contributed by atoms with E-state index in [1.807, 2.05) is 13.0 Å². The van der Waals surface area contributed by atoms with Gasteiger partial charge < -0.3 is 10.8 Å². The van der Waals surface area contributed by atoms with E-state index in [1.54, 1.807) is 92.8 Å². The first-order valence-corrected chi connectivity index (χ1v) is 13.8. The Hall–Kier alpha value is -3.56. The molecule has 5 rings (SSSR count). The topological polar surface area (TPSA) is 111 Å². The smallest absolute Gasteiger partial charge is 0.269 e. The molecule has 0 unspecified atom stereocenters. The Bertz CT molecular complexity index is 1760. The maximum atomic E-state index is 14.1. The largest absolute Gasteiger partial charge is 0.386 e. The SMILES string of the molecule is Cc1ccc(S(=O)(=O)n2c([C@H](N)c3ccccc3Cl)nc3c(-c4cc(C(C)(C)O)ccn4)cccc32)cc1. The zero-order valence-corrected chi connectivity index (χ0v) is 22.7. The molecule has 0 radical (unpaired) electrons. The molecule has 1 atom stereocenters. The molecule has 0 amide bonds. The summed E-state index contributed by atoms with van der Waals surface area (Å²) in [7, 11) is -4.10. The van der Waals surface area contributed by atoms with Gasteiger partial charge in [0.2, 0.25) is 0 Å². The van der Waals surface area contributed by atoms with E-state index < -0.39 is 21.7 Å².